The van der Waals surface area contributed by atoms with E-state index >= 15 is 0 Å². The van der Waals surface area contributed by atoms with Crippen molar-refractivity contribution in [3.05, 3.63) is 34.1 Å². The third-order valence-electron chi connectivity index (χ3n) is 3.31. The maximum Gasteiger partial charge on any atom is 0.272 e. The molecular weight excluding hydrogens is 239 g/mol. The summed E-state index contributed by atoms with van der Waals surface area (Å²) in [6.45, 7) is 0.284. The molecule has 1 aliphatic rings. The van der Waals surface area contributed by atoms with E-state index in [2.05, 4.69) is 0 Å². The first-order chi connectivity index (χ1) is 8.63. The number of hydrogen-bond donors (Lipinski definition) is 1. The van der Waals surface area contributed by atoms with Crippen LogP contribution in [-0.2, 0) is 0 Å². The summed E-state index contributed by atoms with van der Waals surface area (Å²) in [5, 5.41) is 19.6. The third kappa shape index (κ3) is 2.43. The van der Waals surface area contributed by atoms with Crippen LogP contribution in [0.25, 0.3) is 0 Å². The highest BCUT2D eigenvalue weighted by Crippen LogP contribution is 2.32. The van der Waals surface area contributed by atoms with Crippen LogP contribution in [0.3, 0.4) is 0 Å². The third-order valence-corrected chi connectivity index (χ3v) is 3.31. The van der Waals surface area contributed by atoms with E-state index in [1.807, 2.05) is 0 Å². The average Bonchev–Trinajstić information content (AvgIpc) is 2.26. The molecule has 1 aliphatic carbocycles. The molecule has 1 aromatic carbocycles. The van der Waals surface area contributed by atoms with E-state index in [-0.39, 0.29) is 18.3 Å². The van der Waals surface area contributed by atoms with Crippen LogP contribution in [0.5, 0.6) is 0 Å². The molecule has 6 heteroatoms. The highest BCUT2D eigenvalue weighted by atomic mass is 19.1. The first-order valence-electron chi connectivity index (χ1n) is 5.95. The van der Waals surface area contributed by atoms with Gasteiger partial charge in [0.05, 0.1) is 23.3 Å². The lowest BCUT2D eigenvalue weighted by Gasteiger charge is -2.39. The van der Waals surface area contributed by atoms with Gasteiger partial charge < -0.3 is 10.0 Å². The highest BCUT2D eigenvalue weighted by molar-refractivity contribution is 5.53. The maximum absolute atomic E-state index is 13.9. The topological polar surface area (TPSA) is 66.6 Å². The Labute approximate surface area is 104 Å². The Morgan fingerprint density at radius 3 is 2.67 bits per heavy atom. The minimum atomic E-state index is -0.618. The molecule has 2 rings (SSSR count). The van der Waals surface area contributed by atoms with Gasteiger partial charge in [-0.15, -0.1) is 0 Å². The Kier molecular flexibility index (Phi) is 3.76. The second-order valence-corrected chi connectivity index (χ2v) is 4.39. The highest BCUT2D eigenvalue weighted by Gasteiger charge is 2.27. The largest absolute Gasteiger partial charge is 0.395 e. The van der Waals surface area contributed by atoms with Gasteiger partial charge in [-0.2, -0.15) is 0 Å². The Morgan fingerprint density at radius 2 is 2.22 bits per heavy atom. The van der Waals surface area contributed by atoms with Gasteiger partial charge in [0.2, 0.25) is 0 Å². The van der Waals surface area contributed by atoms with E-state index in [0.29, 0.717) is 12.2 Å². The number of aliphatic hydroxyl groups is 1. The fourth-order valence-corrected chi connectivity index (χ4v) is 2.15. The summed E-state index contributed by atoms with van der Waals surface area (Å²) in [5.41, 5.74) is 0.0770. The molecular formula is C12H15FN2O3. The minimum Gasteiger partial charge on any atom is -0.395 e. The van der Waals surface area contributed by atoms with Gasteiger partial charge in [-0.3, -0.25) is 10.1 Å². The van der Waals surface area contributed by atoms with Crippen molar-refractivity contribution in [3.63, 3.8) is 0 Å². The van der Waals surface area contributed by atoms with Crippen LogP contribution in [0.2, 0.25) is 0 Å². The van der Waals surface area contributed by atoms with E-state index in [0.717, 1.165) is 25.3 Å². The predicted molar refractivity (Wildman–Crippen MR) is 65.1 cm³/mol. The molecule has 0 aliphatic heterocycles. The summed E-state index contributed by atoms with van der Waals surface area (Å²) in [6, 6.07) is 3.87. The lowest BCUT2D eigenvalue weighted by Crippen LogP contribution is -2.42. The number of aliphatic hydroxyl groups excluding tert-OH is 1. The number of non-ortho nitro benzene ring substituents is 1. The Hall–Kier alpha value is -1.69. The van der Waals surface area contributed by atoms with Crippen molar-refractivity contribution < 1.29 is 14.4 Å². The average molecular weight is 254 g/mol. The zero-order valence-electron chi connectivity index (χ0n) is 9.88. The number of halogens is 1. The maximum atomic E-state index is 13.9. The van der Waals surface area contributed by atoms with Gasteiger partial charge in [-0.25, -0.2) is 4.39 Å². The van der Waals surface area contributed by atoms with Gasteiger partial charge >= 0.3 is 0 Å². The van der Waals surface area contributed by atoms with Gasteiger partial charge in [-0.1, -0.05) is 0 Å². The molecule has 18 heavy (non-hydrogen) atoms. The Bertz CT molecular complexity index is 449. The number of anilines is 1. The SMILES string of the molecule is O=[N+]([O-])c1ccc(N(CCO)C2CCC2)c(F)c1. The van der Waals surface area contributed by atoms with Crippen LogP contribution in [0.1, 0.15) is 19.3 Å². The van der Waals surface area contributed by atoms with Crippen LogP contribution < -0.4 is 4.90 Å². The molecule has 0 amide bonds. The second-order valence-electron chi connectivity index (χ2n) is 4.39. The molecule has 0 spiro atoms. The van der Waals surface area contributed by atoms with E-state index in [1.54, 1.807) is 4.90 Å². The van der Waals surface area contributed by atoms with Crippen molar-refractivity contribution in [1.82, 2.24) is 0 Å². The van der Waals surface area contributed by atoms with Gasteiger partial charge in [0.15, 0.2) is 5.82 Å². The Balaban J connectivity index is 2.26. The molecule has 1 aromatic rings. The standard InChI is InChI=1S/C12H15FN2O3/c13-11-8-10(15(17)18)4-5-12(11)14(6-7-16)9-2-1-3-9/h4-5,8-9,16H,1-3,6-7H2. The summed E-state index contributed by atoms with van der Waals surface area (Å²) >= 11 is 0. The molecule has 5 nitrogen and oxygen atoms in total. The molecule has 0 radical (unpaired) electrons. The van der Waals surface area contributed by atoms with Crippen molar-refractivity contribution in [3.8, 4) is 0 Å². The van der Waals surface area contributed by atoms with Crippen LogP contribution >= 0.6 is 0 Å². The summed E-state index contributed by atoms with van der Waals surface area (Å²) in [5.74, 6) is -0.607. The monoisotopic (exact) mass is 254 g/mol. The lowest BCUT2D eigenvalue weighted by atomic mass is 9.91. The number of rotatable bonds is 5. The number of nitro groups is 1. The smallest absolute Gasteiger partial charge is 0.272 e. The van der Waals surface area contributed by atoms with Crippen molar-refractivity contribution >= 4 is 11.4 Å². The van der Waals surface area contributed by atoms with E-state index < -0.39 is 10.7 Å². The van der Waals surface area contributed by atoms with Crippen LogP contribution in [0, 0.1) is 15.9 Å². The summed E-state index contributed by atoms with van der Waals surface area (Å²) < 4.78 is 13.9. The summed E-state index contributed by atoms with van der Waals surface area (Å²) in [4.78, 5) is 11.7. The number of benzene rings is 1. The molecule has 0 aromatic heterocycles. The van der Waals surface area contributed by atoms with E-state index in [9.17, 15) is 14.5 Å². The Morgan fingerprint density at radius 1 is 1.50 bits per heavy atom. The van der Waals surface area contributed by atoms with Crippen LogP contribution in [0.15, 0.2) is 18.2 Å². The minimum absolute atomic E-state index is 0.0626. The van der Waals surface area contributed by atoms with Crippen molar-refractivity contribution in [2.75, 3.05) is 18.1 Å². The van der Waals surface area contributed by atoms with Gasteiger partial charge in [0, 0.05) is 18.7 Å². The quantitative estimate of drug-likeness (QED) is 0.645. The molecule has 1 saturated carbocycles. The first-order valence-corrected chi connectivity index (χ1v) is 5.95. The molecule has 0 atom stereocenters. The summed E-state index contributed by atoms with van der Waals surface area (Å²) in [6.07, 6.45) is 3.04. The fraction of sp³-hybridized carbons (Fsp3) is 0.500. The molecule has 1 fully saturated rings. The molecule has 0 heterocycles. The zero-order chi connectivity index (χ0) is 13.1. The molecule has 98 valence electrons. The van der Waals surface area contributed by atoms with Crippen LogP contribution in [0.4, 0.5) is 15.8 Å². The van der Waals surface area contributed by atoms with E-state index in [1.165, 1.54) is 12.1 Å². The molecule has 1 N–H and O–H groups in total. The fourth-order valence-electron chi connectivity index (χ4n) is 2.15. The second kappa shape index (κ2) is 5.30. The van der Waals surface area contributed by atoms with Gasteiger partial charge in [0.1, 0.15) is 0 Å². The summed E-state index contributed by atoms with van der Waals surface area (Å²) in [7, 11) is 0. The van der Waals surface area contributed by atoms with Crippen molar-refractivity contribution in [2.24, 2.45) is 0 Å². The van der Waals surface area contributed by atoms with Crippen molar-refractivity contribution in [2.45, 2.75) is 25.3 Å². The zero-order valence-corrected chi connectivity index (χ0v) is 9.88. The molecule has 0 unspecified atom stereocenters. The first kappa shape index (κ1) is 12.8. The normalized spacial score (nSPS) is 15.2. The van der Waals surface area contributed by atoms with Gasteiger partial charge in [-0.05, 0) is 25.3 Å². The number of nitrogens with zero attached hydrogens (tertiary/aromatic N) is 2. The lowest BCUT2D eigenvalue weighted by molar-refractivity contribution is -0.385. The van der Waals surface area contributed by atoms with Crippen molar-refractivity contribution in [1.29, 1.82) is 0 Å². The predicted octanol–water partition coefficient (Wildman–Crippen LogP) is 2.09. The van der Waals surface area contributed by atoms with E-state index in [4.69, 9.17) is 5.11 Å². The molecule has 0 saturated heterocycles. The number of hydrogen-bond acceptors (Lipinski definition) is 4. The number of nitro benzene ring substituents is 1. The molecule has 0 bridgehead atoms. The van der Waals surface area contributed by atoms with Gasteiger partial charge in [0.25, 0.3) is 5.69 Å². The van der Waals surface area contributed by atoms with Crippen LogP contribution in [-0.4, -0.2) is 29.2 Å².